The monoisotopic (exact) mass is 150 g/mol. The third-order valence-electron chi connectivity index (χ3n) is 1.26. The smallest absolute Gasteiger partial charge is 0.328 e. The molecule has 2 heteroatoms. The number of aliphatic carboxylic acids is 1. The minimum absolute atomic E-state index is 0.676. The van der Waals surface area contributed by atoms with Gasteiger partial charge in [-0.1, -0.05) is 5.92 Å². The molecular formula is C9H10O2. The number of carboxylic acids is 1. The SMILES string of the molecule is C#CC=C(C)C(C)=CC(=O)O. The van der Waals surface area contributed by atoms with Crippen molar-refractivity contribution in [1.82, 2.24) is 0 Å². The van der Waals surface area contributed by atoms with Gasteiger partial charge in [0.2, 0.25) is 0 Å². The molecule has 0 saturated heterocycles. The first-order valence-corrected chi connectivity index (χ1v) is 3.12. The normalized spacial score (nSPS) is 12.5. The van der Waals surface area contributed by atoms with Crippen LogP contribution < -0.4 is 0 Å². The second-order valence-corrected chi connectivity index (χ2v) is 2.16. The zero-order valence-electron chi connectivity index (χ0n) is 6.59. The Bertz CT molecular complexity index is 251. The summed E-state index contributed by atoms with van der Waals surface area (Å²) in [6.45, 7) is 3.48. The zero-order chi connectivity index (χ0) is 8.85. The van der Waals surface area contributed by atoms with Gasteiger partial charge in [0.05, 0.1) is 0 Å². The van der Waals surface area contributed by atoms with Gasteiger partial charge in [0.25, 0.3) is 0 Å². The molecule has 0 radical (unpaired) electrons. The molecule has 0 aromatic heterocycles. The number of terminal acetylenes is 1. The molecule has 0 rings (SSSR count). The third kappa shape index (κ3) is 3.99. The van der Waals surface area contributed by atoms with Gasteiger partial charge in [-0.05, 0) is 31.1 Å². The topological polar surface area (TPSA) is 37.3 Å². The van der Waals surface area contributed by atoms with Crippen LogP contribution in [0, 0.1) is 12.3 Å². The average molecular weight is 150 g/mol. The Labute approximate surface area is 66.2 Å². The van der Waals surface area contributed by atoms with E-state index in [1.807, 2.05) is 0 Å². The van der Waals surface area contributed by atoms with E-state index in [0.29, 0.717) is 5.57 Å². The molecule has 1 N–H and O–H groups in total. The van der Waals surface area contributed by atoms with Crippen LogP contribution in [0.15, 0.2) is 23.3 Å². The molecule has 0 fully saturated rings. The minimum atomic E-state index is -0.952. The van der Waals surface area contributed by atoms with Crippen molar-refractivity contribution >= 4 is 5.97 Å². The Morgan fingerprint density at radius 1 is 1.45 bits per heavy atom. The summed E-state index contributed by atoms with van der Waals surface area (Å²) in [4.78, 5) is 10.2. The molecule has 58 valence electrons. The van der Waals surface area contributed by atoms with Crippen LogP contribution >= 0.6 is 0 Å². The van der Waals surface area contributed by atoms with Crippen molar-refractivity contribution in [2.45, 2.75) is 13.8 Å². The lowest BCUT2D eigenvalue weighted by Crippen LogP contribution is -1.90. The minimum Gasteiger partial charge on any atom is -0.478 e. The summed E-state index contributed by atoms with van der Waals surface area (Å²) in [6.07, 6.45) is 7.66. The van der Waals surface area contributed by atoms with Crippen LogP contribution in [0.4, 0.5) is 0 Å². The van der Waals surface area contributed by atoms with E-state index in [9.17, 15) is 4.79 Å². The Morgan fingerprint density at radius 3 is 2.36 bits per heavy atom. The molecule has 0 aromatic rings. The fourth-order valence-electron chi connectivity index (χ4n) is 0.538. The van der Waals surface area contributed by atoms with E-state index in [1.54, 1.807) is 13.8 Å². The third-order valence-corrected chi connectivity index (χ3v) is 1.26. The second-order valence-electron chi connectivity index (χ2n) is 2.16. The number of carbonyl (C=O) groups is 1. The molecule has 2 nitrogen and oxygen atoms in total. The fraction of sp³-hybridized carbons (Fsp3) is 0.222. The van der Waals surface area contributed by atoms with E-state index in [1.165, 1.54) is 6.08 Å². The molecular weight excluding hydrogens is 140 g/mol. The Kier molecular flexibility index (Phi) is 3.76. The maximum Gasteiger partial charge on any atom is 0.328 e. The van der Waals surface area contributed by atoms with E-state index in [0.717, 1.165) is 11.6 Å². The first-order valence-electron chi connectivity index (χ1n) is 3.12. The second kappa shape index (κ2) is 4.35. The van der Waals surface area contributed by atoms with Crippen LogP contribution in [0.2, 0.25) is 0 Å². The number of rotatable bonds is 2. The van der Waals surface area contributed by atoms with Gasteiger partial charge < -0.3 is 5.11 Å². The molecule has 0 atom stereocenters. The van der Waals surface area contributed by atoms with E-state index >= 15 is 0 Å². The molecule has 0 unspecified atom stereocenters. The molecule has 0 saturated carbocycles. The van der Waals surface area contributed by atoms with E-state index in [2.05, 4.69) is 5.92 Å². The molecule has 0 aliphatic heterocycles. The highest BCUT2D eigenvalue weighted by atomic mass is 16.4. The molecule has 0 spiro atoms. The van der Waals surface area contributed by atoms with Crippen LogP contribution in [0.3, 0.4) is 0 Å². The number of carboxylic acid groups (broad SMARTS) is 1. The van der Waals surface area contributed by atoms with Crippen molar-refractivity contribution in [3.63, 3.8) is 0 Å². The highest BCUT2D eigenvalue weighted by Gasteiger charge is 1.94. The van der Waals surface area contributed by atoms with Crippen molar-refractivity contribution < 1.29 is 9.90 Å². The predicted molar refractivity (Wildman–Crippen MR) is 44.0 cm³/mol. The van der Waals surface area contributed by atoms with E-state index in [-0.39, 0.29) is 0 Å². The van der Waals surface area contributed by atoms with Gasteiger partial charge in [0.15, 0.2) is 0 Å². The summed E-state index contributed by atoms with van der Waals surface area (Å²) in [6, 6.07) is 0. The van der Waals surface area contributed by atoms with Gasteiger partial charge in [-0.2, -0.15) is 0 Å². The first kappa shape index (κ1) is 9.51. The molecule has 0 heterocycles. The molecule has 0 amide bonds. The maximum atomic E-state index is 10.2. The number of hydrogen-bond acceptors (Lipinski definition) is 1. The van der Waals surface area contributed by atoms with Gasteiger partial charge in [-0.25, -0.2) is 4.79 Å². The summed E-state index contributed by atoms with van der Waals surface area (Å²) in [7, 11) is 0. The highest BCUT2D eigenvalue weighted by Crippen LogP contribution is 2.06. The lowest BCUT2D eigenvalue weighted by Gasteiger charge is -1.95. The van der Waals surface area contributed by atoms with E-state index in [4.69, 9.17) is 11.5 Å². The van der Waals surface area contributed by atoms with Crippen molar-refractivity contribution in [2.75, 3.05) is 0 Å². The molecule has 0 aliphatic rings. The van der Waals surface area contributed by atoms with Gasteiger partial charge in [0.1, 0.15) is 0 Å². The molecule has 0 bridgehead atoms. The van der Waals surface area contributed by atoms with Crippen LogP contribution in [0.1, 0.15) is 13.8 Å². The number of allylic oxidation sites excluding steroid dienone is 3. The lowest BCUT2D eigenvalue weighted by atomic mass is 10.1. The lowest BCUT2D eigenvalue weighted by molar-refractivity contribution is -0.131. The fourth-order valence-corrected chi connectivity index (χ4v) is 0.538. The van der Waals surface area contributed by atoms with Crippen molar-refractivity contribution in [2.24, 2.45) is 0 Å². The molecule has 11 heavy (non-hydrogen) atoms. The van der Waals surface area contributed by atoms with Crippen molar-refractivity contribution in [3.8, 4) is 12.3 Å². The average Bonchev–Trinajstić information content (AvgIpc) is 1.86. The molecule has 0 aliphatic carbocycles. The van der Waals surface area contributed by atoms with Crippen LogP contribution in [-0.4, -0.2) is 11.1 Å². The van der Waals surface area contributed by atoms with Crippen LogP contribution in [0.25, 0.3) is 0 Å². The highest BCUT2D eigenvalue weighted by molar-refractivity contribution is 5.81. The van der Waals surface area contributed by atoms with E-state index < -0.39 is 5.97 Å². The number of hydrogen-bond donors (Lipinski definition) is 1. The maximum absolute atomic E-state index is 10.2. The molecule has 0 aromatic carbocycles. The van der Waals surface area contributed by atoms with Crippen molar-refractivity contribution in [1.29, 1.82) is 0 Å². The summed E-state index contributed by atoms with van der Waals surface area (Å²) >= 11 is 0. The van der Waals surface area contributed by atoms with Gasteiger partial charge in [-0.15, -0.1) is 6.42 Å². The standard InChI is InChI=1S/C9H10O2/c1-4-5-7(2)8(3)6-9(10)11/h1,5-6H,2-3H3,(H,10,11). The van der Waals surface area contributed by atoms with Crippen molar-refractivity contribution in [3.05, 3.63) is 23.3 Å². The zero-order valence-corrected chi connectivity index (χ0v) is 6.59. The van der Waals surface area contributed by atoms with Gasteiger partial charge >= 0.3 is 5.97 Å². The Morgan fingerprint density at radius 2 is 2.00 bits per heavy atom. The summed E-state index contributed by atoms with van der Waals surface area (Å²) in [5, 5.41) is 8.35. The Hall–Kier alpha value is -1.49. The van der Waals surface area contributed by atoms with Gasteiger partial charge in [0, 0.05) is 6.08 Å². The Balaban J connectivity index is 4.51. The predicted octanol–water partition coefficient (Wildman–Crippen LogP) is 1.60. The summed E-state index contributed by atoms with van der Waals surface area (Å²) < 4.78 is 0. The quantitative estimate of drug-likeness (QED) is 0.369. The summed E-state index contributed by atoms with van der Waals surface area (Å²) in [5.41, 5.74) is 1.48. The largest absolute Gasteiger partial charge is 0.478 e. The summed E-state index contributed by atoms with van der Waals surface area (Å²) in [5.74, 6) is 1.37. The van der Waals surface area contributed by atoms with Crippen LogP contribution in [-0.2, 0) is 4.79 Å². The first-order chi connectivity index (χ1) is 5.07. The van der Waals surface area contributed by atoms with Gasteiger partial charge in [-0.3, -0.25) is 0 Å². The van der Waals surface area contributed by atoms with Crippen LogP contribution in [0.5, 0.6) is 0 Å².